The normalized spacial score (nSPS) is 12.2. The highest BCUT2D eigenvalue weighted by Crippen LogP contribution is 2.17. The fourth-order valence-electron chi connectivity index (χ4n) is 1.75. The number of hydrogen-bond acceptors (Lipinski definition) is 7. The predicted octanol–water partition coefficient (Wildman–Crippen LogP) is 1.80. The minimum Gasteiger partial charge on any atom is -0.463 e. The van der Waals surface area contributed by atoms with Crippen molar-refractivity contribution in [1.29, 1.82) is 0 Å². The topological polar surface area (TPSA) is 69.6 Å². The number of ether oxygens (including phenoxy) is 3. The Labute approximate surface area is 130 Å². The average Bonchev–Trinajstić information content (AvgIpc) is 2.45. The molecule has 7 nitrogen and oxygen atoms in total. The van der Waals surface area contributed by atoms with E-state index in [0.717, 1.165) is 6.42 Å². The van der Waals surface area contributed by atoms with Crippen molar-refractivity contribution in [3.63, 3.8) is 0 Å². The third kappa shape index (κ3) is 5.99. The maximum absolute atomic E-state index is 5.96. The highest BCUT2D eigenvalue weighted by molar-refractivity contribution is 6.28. The molecule has 0 N–H and O–H groups in total. The zero-order chi connectivity index (χ0) is 15.7. The Morgan fingerprint density at radius 3 is 2.52 bits per heavy atom. The molecule has 0 aromatic carbocycles. The number of anilines is 1. The van der Waals surface area contributed by atoms with Crippen LogP contribution in [0.5, 0.6) is 6.01 Å². The van der Waals surface area contributed by atoms with Gasteiger partial charge in [0.2, 0.25) is 11.2 Å². The van der Waals surface area contributed by atoms with E-state index >= 15 is 0 Å². The Balaban J connectivity index is 2.96. The minimum absolute atomic E-state index is 0.0719. The van der Waals surface area contributed by atoms with E-state index < -0.39 is 0 Å². The first-order valence-corrected chi connectivity index (χ1v) is 7.29. The van der Waals surface area contributed by atoms with Gasteiger partial charge in [0.05, 0.1) is 25.9 Å². The minimum atomic E-state index is 0.0719. The molecule has 8 heteroatoms. The summed E-state index contributed by atoms with van der Waals surface area (Å²) in [6.07, 6.45) is 0.867. The molecule has 0 fully saturated rings. The summed E-state index contributed by atoms with van der Waals surface area (Å²) in [6, 6.07) is 0.307. The highest BCUT2D eigenvalue weighted by Gasteiger charge is 2.19. The van der Waals surface area contributed by atoms with Crippen LogP contribution in [-0.2, 0) is 9.47 Å². The van der Waals surface area contributed by atoms with Gasteiger partial charge < -0.3 is 19.1 Å². The van der Waals surface area contributed by atoms with Crippen LogP contribution in [0.2, 0.25) is 5.28 Å². The smallest absolute Gasteiger partial charge is 0.322 e. The van der Waals surface area contributed by atoms with Gasteiger partial charge in [-0.2, -0.15) is 15.0 Å². The molecular formula is C13H23ClN4O3. The number of aromatic nitrogens is 3. The van der Waals surface area contributed by atoms with Crippen molar-refractivity contribution in [3.05, 3.63) is 5.28 Å². The molecule has 0 amide bonds. The van der Waals surface area contributed by atoms with E-state index in [9.17, 15) is 0 Å². The van der Waals surface area contributed by atoms with Crippen LogP contribution in [0, 0.1) is 0 Å². The number of methoxy groups -OCH3 is 2. The van der Waals surface area contributed by atoms with E-state index in [1.165, 1.54) is 0 Å². The molecule has 1 aromatic rings. The SMILES string of the molecule is CCCOc1nc(Cl)nc(N(CCOC)C(C)COC)n1. The van der Waals surface area contributed by atoms with Crippen LogP contribution in [-0.4, -0.2) is 61.6 Å². The first-order chi connectivity index (χ1) is 10.1. The van der Waals surface area contributed by atoms with Gasteiger partial charge in [-0.3, -0.25) is 0 Å². The summed E-state index contributed by atoms with van der Waals surface area (Å²) in [7, 11) is 3.30. The van der Waals surface area contributed by atoms with Crippen LogP contribution < -0.4 is 9.64 Å². The van der Waals surface area contributed by atoms with E-state index in [4.69, 9.17) is 25.8 Å². The van der Waals surface area contributed by atoms with Gasteiger partial charge in [-0.25, -0.2) is 0 Å². The molecule has 1 aromatic heterocycles. The monoisotopic (exact) mass is 318 g/mol. The van der Waals surface area contributed by atoms with Gasteiger partial charge in [-0.05, 0) is 24.9 Å². The maximum Gasteiger partial charge on any atom is 0.322 e. The summed E-state index contributed by atoms with van der Waals surface area (Å²) in [5.41, 5.74) is 0. The quantitative estimate of drug-likeness (QED) is 0.651. The molecule has 1 unspecified atom stereocenters. The summed E-state index contributed by atoms with van der Waals surface area (Å²) in [4.78, 5) is 14.4. The van der Waals surface area contributed by atoms with Gasteiger partial charge in [0.25, 0.3) is 0 Å². The zero-order valence-corrected chi connectivity index (χ0v) is 13.8. The van der Waals surface area contributed by atoms with Crippen LogP contribution in [0.3, 0.4) is 0 Å². The molecule has 0 aliphatic carbocycles. The fraction of sp³-hybridized carbons (Fsp3) is 0.769. The summed E-state index contributed by atoms with van der Waals surface area (Å²) in [5.74, 6) is 0.461. The van der Waals surface area contributed by atoms with Crippen LogP contribution in [0.15, 0.2) is 0 Å². The average molecular weight is 319 g/mol. The van der Waals surface area contributed by atoms with E-state index in [1.807, 2.05) is 18.7 Å². The van der Waals surface area contributed by atoms with Crippen molar-refractivity contribution in [3.8, 4) is 6.01 Å². The highest BCUT2D eigenvalue weighted by atomic mass is 35.5. The fourth-order valence-corrected chi connectivity index (χ4v) is 1.89. The Kier molecular flexibility index (Phi) is 8.26. The first-order valence-electron chi connectivity index (χ1n) is 6.91. The molecule has 0 aliphatic rings. The third-order valence-corrected chi connectivity index (χ3v) is 2.91. The molecule has 1 heterocycles. The number of nitrogens with zero attached hydrogens (tertiary/aromatic N) is 4. The van der Waals surface area contributed by atoms with Crippen molar-refractivity contribution in [2.24, 2.45) is 0 Å². The van der Waals surface area contributed by atoms with Gasteiger partial charge in [0.15, 0.2) is 0 Å². The molecule has 1 rings (SSSR count). The Hall–Kier alpha value is -1.18. The molecule has 0 bridgehead atoms. The van der Waals surface area contributed by atoms with E-state index in [-0.39, 0.29) is 17.3 Å². The van der Waals surface area contributed by atoms with Crippen molar-refractivity contribution in [2.45, 2.75) is 26.3 Å². The molecule has 1 atom stereocenters. The second-order valence-electron chi connectivity index (χ2n) is 4.53. The Morgan fingerprint density at radius 1 is 1.14 bits per heavy atom. The lowest BCUT2D eigenvalue weighted by atomic mass is 10.3. The number of halogens is 1. The van der Waals surface area contributed by atoms with E-state index in [1.54, 1.807) is 14.2 Å². The molecule has 0 saturated carbocycles. The maximum atomic E-state index is 5.96. The van der Waals surface area contributed by atoms with Gasteiger partial charge in [-0.15, -0.1) is 0 Å². The van der Waals surface area contributed by atoms with Crippen LogP contribution >= 0.6 is 11.6 Å². The molecule has 21 heavy (non-hydrogen) atoms. The first kappa shape index (κ1) is 17.9. The largest absolute Gasteiger partial charge is 0.463 e. The lowest BCUT2D eigenvalue weighted by Crippen LogP contribution is -2.40. The Morgan fingerprint density at radius 2 is 1.90 bits per heavy atom. The van der Waals surface area contributed by atoms with Gasteiger partial charge in [-0.1, -0.05) is 6.92 Å². The molecule has 0 aliphatic heterocycles. The van der Waals surface area contributed by atoms with Gasteiger partial charge >= 0.3 is 6.01 Å². The van der Waals surface area contributed by atoms with Crippen molar-refractivity contribution >= 4 is 17.5 Å². The van der Waals surface area contributed by atoms with Crippen LogP contribution in [0.4, 0.5) is 5.95 Å². The van der Waals surface area contributed by atoms with Gasteiger partial charge in [0.1, 0.15) is 0 Å². The molecule has 0 spiro atoms. The summed E-state index contributed by atoms with van der Waals surface area (Å²) in [5, 5.41) is 0.109. The molecule has 120 valence electrons. The summed E-state index contributed by atoms with van der Waals surface area (Å²) < 4.78 is 15.8. The van der Waals surface area contributed by atoms with Crippen LogP contribution in [0.25, 0.3) is 0 Å². The summed E-state index contributed by atoms with van der Waals surface area (Å²) >= 11 is 5.96. The molecule has 0 radical (unpaired) electrons. The second kappa shape index (κ2) is 9.70. The zero-order valence-electron chi connectivity index (χ0n) is 13.0. The second-order valence-corrected chi connectivity index (χ2v) is 4.86. The van der Waals surface area contributed by atoms with Crippen molar-refractivity contribution in [2.75, 3.05) is 45.5 Å². The Bertz CT molecular complexity index is 422. The van der Waals surface area contributed by atoms with E-state index in [0.29, 0.717) is 32.3 Å². The number of rotatable bonds is 10. The molecular weight excluding hydrogens is 296 g/mol. The lowest BCUT2D eigenvalue weighted by Gasteiger charge is -2.28. The standard InChI is InChI=1S/C13H23ClN4O3/c1-5-7-21-13-16-11(14)15-12(17-13)18(6-8-19-3)10(2)9-20-4/h10H,5-9H2,1-4H3. The van der Waals surface area contributed by atoms with Gasteiger partial charge in [0, 0.05) is 20.8 Å². The van der Waals surface area contributed by atoms with Crippen molar-refractivity contribution < 1.29 is 14.2 Å². The van der Waals surface area contributed by atoms with Crippen LogP contribution in [0.1, 0.15) is 20.3 Å². The third-order valence-electron chi connectivity index (χ3n) is 2.74. The summed E-state index contributed by atoms with van der Waals surface area (Å²) in [6.45, 7) is 6.26. The molecule has 0 saturated heterocycles. The number of hydrogen-bond donors (Lipinski definition) is 0. The van der Waals surface area contributed by atoms with Crippen molar-refractivity contribution in [1.82, 2.24) is 15.0 Å². The predicted molar refractivity (Wildman–Crippen MR) is 81.2 cm³/mol. The lowest BCUT2D eigenvalue weighted by molar-refractivity contribution is 0.170. The van der Waals surface area contributed by atoms with E-state index in [2.05, 4.69) is 15.0 Å².